The van der Waals surface area contributed by atoms with E-state index in [1.54, 1.807) is 6.07 Å². The lowest BCUT2D eigenvalue weighted by Crippen LogP contribution is -2.09. The first-order valence-corrected chi connectivity index (χ1v) is 8.62. The van der Waals surface area contributed by atoms with Crippen LogP contribution in [0.25, 0.3) is 0 Å². The lowest BCUT2D eigenvalue weighted by atomic mass is 10.3. The van der Waals surface area contributed by atoms with Crippen LogP contribution in [0.2, 0.25) is 0 Å². The van der Waals surface area contributed by atoms with Gasteiger partial charge in [0.15, 0.2) is 4.34 Å². The third kappa shape index (κ3) is 4.01. The van der Waals surface area contributed by atoms with Gasteiger partial charge in [-0.25, -0.2) is 0 Å². The van der Waals surface area contributed by atoms with E-state index in [0.29, 0.717) is 14.3 Å². The molecular weight excluding hydrogens is 386 g/mol. The van der Waals surface area contributed by atoms with Crippen LogP contribution in [0.15, 0.2) is 14.2 Å². The number of hydrogen-bond donors (Lipinski definition) is 2. The summed E-state index contributed by atoms with van der Waals surface area (Å²) >= 11 is 6.92. The Bertz CT molecular complexity index is 636. The van der Waals surface area contributed by atoms with Gasteiger partial charge in [0.05, 0.1) is 14.4 Å². The van der Waals surface area contributed by atoms with Crippen molar-refractivity contribution in [3.63, 3.8) is 0 Å². The Kier molecular flexibility index (Phi) is 5.13. The Morgan fingerprint density at radius 3 is 2.80 bits per heavy atom. The molecule has 2 N–H and O–H groups in total. The van der Waals surface area contributed by atoms with Crippen LogP contribution < -0.4 is 5.32 Å². The number of hydrogen-bond acceptors (Lipinski definition) is 7. The number of nitrogens with one attached hydrogen (secondary N) is 1. The summed E-state index contributed by atoms with van der Waals surface area (Å²) in [7, 11) is 0. The first-order chi connectivity index (χ1) is 9.45. The summed E-state index contributed by atoms with van der Waals surface area (Å²) < 4.78 is 1.42. The van der Waals surface area contributed by atoms with Crippen molar-refractivity contribution in [1.82, 2.24) is 10.2 Å². The number of halogens is 1. The number of rotatable bonds is 5. The second-order valence-electron chi connectivity index (χ2n) is 3.58. The molecule has 0 aliphatic rings. The Morgan fingerprint density at radius 2 is 2.20 bits per heavy atom. The zero-order valence-corrected chi connectivity index (χ0v) is 14.1. The summed E-state index contributed by atoms with van der Waals surface area (Å²) in [5, 5.41) is 19.2. The zero-order chi connectivity index (χ0) is 14.7. The topological polar surface area (TPSA) is 92.2 Å². The molecule has 0 aromatic carbocycles. The number of anilines is 1. The van der Waals surface area contributed by atoms with Gasteiger partial charge in [-0.05, 0) is 34.5 Å². The van der Waals surface area contributed by atoms with E-state index < -0.39 is 5.97 Å². The fourth-order valence-corrected chi connectivity index (χ4v) is 4.07. The molecule has 2 aromatic heterocycles. The van der Waals surface area contributed by atoms with E-state index in [9.17, 15) is 9.59 Å². The summed E-state index contributed by atoms with van der Waals surface area (Å²) in [5.74, 6) is -1.26. The Hall–Kier alpha value is -0.970. The number of thioether (sulfide) groups is 1. The van der Waals surface area contributed by atoms with Gasteiger partial charge in [-0.3, -0.25) is 14.9 Å². The number of carboxylic acid groups (broad SMARTS) is 1. The molecule has 2 aromatic rings. The highest BCUT2D eigenvalue weighted by molar-refractivity contribution is 9.11. The number of carboxylic acids is 1. The van der Waals surface area contributed by atoms with Crippen LogP contribution in [0.5, 0.6) is 0 Å². The molecule has 0 saturated heterocycles. The number of aryl methyl sites for hydroxylation is 1. The lowest BCUT2D eigenvalue weighted by Gasteiger charge is -1.96. The number of carbonyl (C=O) groups is 2. The number of aromatic nitrogens is 2. The van der Waals surface area contributed by atoms with E-state index >= 15 is 0 Å². The van der Waals surface area contributed by atoms with Crippen molar-refractivity contribution in [2.45, 2.75) is 11.3 Å². The predicted molar refractivity (Wildman–Crippen MR) is 83.0 cm³/mol. The van der Waals surface area contributed by atoms with Crippen LogP contribution in [0.4, 0.5) is 5.13 Å². The van der Waals surface area contributed by atoms with Crippen molar-refractivity contribution >= 4 is 67.4 Å². The van der Waals surface area contributed by atoms with Crippen molar-refractivity contribution in [3.05, 3.63) is 20.3 Å². The second-order valence-corrected chi connectivity index (χ2v) is 8.15. The molecule has 0 fully saturated rings. The summed E-state index contributed by atoms with van der Waals surface area (Å²) in [4.78, 5) is 23.0. The van der Waals surface area contributed by atoms with Crippen LogP contribution in [-0.2, 0) is 4.79 Å². The highest BCUT2D eigenvalue weighted by Crippen LogP contribution is 2.29. The van der Waals surface area contributed by atoms with Gasteiger partial charge in [-0.1, -0.05) is 23.1 Å². The molecule has 0 bridgehead atoms. The van der Waals surface area contributed by atoms with Gasteiger partial charge in [-0.15, -0.1) is 21.5 Å². The standard InChI is InChI=1S/C10H8BrN3O3S3/c1-4-2-5(19-7(4)11)8(17)12-9-13-14-10(20-9)18-3-6(15)16/h2H,3H2,1H3,(H,15,16)(H,12,13,17). The van der Waals surface area contributed by atoms with E-state index in [4.69, 9.17) is 5.11 Å². The number of nitrogens with zero attached hydrogens (tertiary/aromatic N) is 2. The average Bonchev–Trinajstić information content (AvgIpc) is 2.95. The van der Waals surface area contributed by atoms with Crippen LogP contribution in [0, 0.1) is 6.92 Å². The molecule has 6 nitrogen and oxygen atoms in total. The monoisotopic (exact) mass is 393 g/mol. The highest BCUT2D eigenvalue weighted by atomic mass is 79.9. The molecule has 0 atom stereocenters. The van der Waals surface area contributed by atoms with Crippen LogP contribution >= 0.6 is 50.4 Å². The molecule has 2 heterocycles. The number of carbonyl (C=O) groups excluding carboxylic acids is 1. The van der Waals surface area contributed by atoms with Crippen molar-refractivity contribution in [1.29, 1.82) is 0 Å². The van der Waals surface area contributed by atoms with Gasteiger partial charge >= 0.3 is 5.97 Å². The Morgan fingerprint density at radius 1 is 1.45 bits per heavy atom. The maximum atomic E-state index is 12.0. The SMILES string of the molecule is Cc1cc(C(=O)Nc2nnc(SCC(=O)O)s2)sc1Br. The van der Waals surface area contributed by atoms with E-state index in [-0.39, 0.29) is 11.7 Å². The summed E-state index contributed by atoms with van der Waals surface area (Å²) in [6, 6.07) is 1.78. The fraction of sp³-hybridized carbons (Fsp3) is 0.200. The van der Waals surface area contributed by atoms with E-state index in [0.717, 1.165) is 32.4 Å². The Balaban J connectivity index is 1.99. The van der Waals surface area contributed by atoms with Gasteiger partial charge in [0.2, 0.25) is 5.13 Å². The first-order valence-electron chi connectivity index (χ1n) is 5.21. The average molecular weight is 394 g/mol. The predicted octanol–water partition coefficient (Wildman–Crippen LogP) is 3.10. The molecule has 0 radical (unpaired) electrons. The van der Waals surface area contributed by atoms with Gasteiger partial charge < -0.3 is 5.11 Å². The van der Waals surface area contributed by atoms with Gasteiger partial charge in [-0.2, -0.15) is 0 Å². The van der Waals surface area contributed by atoms with Crippen LogP contribution in [0.1, 0.15) is 15.2 Å². The van der Waals surface area contributed by atoms with Crippen molar-refractivity contribution in [2.24, 2.45) is 0 Å². The summed E-state index contributed by atoms with van der Waals surface area (Å²) in [6.07, 6.45) is 0. The lowest BCUT2D eigenvalue weighted by molar-refractivity contribution is -0.133. The summed E-state index contributed by atoms with van der Waals surface area (Å²) in [6.45, 7) is 1.91. The van der Waals surface area contributed by atoms with Crippen molar-refractivity contribution in [2.75, 3.05) is 11.1 Å². The second kappa shape index (κ2) is 6.66. The molecule has 106 valence electrons. The minimum absolute atomic E-state index is 0.0837. The third-order valence-corrected chi connectivity index (χ3v) is 6.12. The van der Waals surface area contributed by atoms with Crippen LogP contribution in [0.3, 0.4) is 0 Å². The smallest absolute Gasteiger partial charge is 0.313 e. The normalized spacial score (nSPS) is 10.5. The van der Waals surface area contributed by atoms with Gasteiger partial charge in [0.25, 0.3) is 5.91 Å². The molecule has 0 saturated carbocycles. The maximum absolute atomic E-state index is 12.0. The maximum Gasteiger partial charge on any atom is 0.313 e. The van der Waals surface area contributed by atoms with Crippen LogP contribution in [-0.4, -0.2) is 32.9 Å². The highest BCUT2D eigenvalue weighted by Gasteiger charge is 2.14. The van der Waals surface area contributed by atoms with Crippen molar-refractivity contribution < 1.29 is 14.7 Å². The molecule has 0 aliphatic carbocycles. The van der Waals surface area contributed by atoms with Crippen molar-refractivity contribution in [3.8, 4) is 0 Å². The largest absolute Gasteiger partial charge is 0.481 e. The molecule has 0 spiro atoms. The van der Waals surface area contributed by atoms with Gasteiger partial charge in [0.1, 0.15) is 0 Å². The molecule has 1 amide bonds. The third-order valence-electron chi connectivity index (χ3n) is 2.03. The zero-order valence-electron chi connectivity index (χ0n) is 10.0. The quantitative estimate of drug-likeness (QED) is 0.598. The van der Waals surface area contributed by atoms with E-state index in [1.165, 1.54) is 11.3 Å². The molecule has 0 aliphatic heterocycles. The molecule has 0 unspecified atom stereocenters. The Labute approximate surface area is 134 Å². The number of aliphatic carboxylic acids is 1. The van der Waals surface area contributed by atoms with E-state index in [1.807, 2.05) is 6.92 Å². The minimum atomic E-state index is -0.922. The molecular formula is C10H8BrN3O3S3. The number of amides is 1. The summed E-state index contributed by atoms with van der Waals surface area (Å²) in [5.41, 5.74) is 0.995. The molecule has 2 rings (SSSR count). The van der Waals surface area contributed by atoms with E-state index in [2.05, 4.69) is 31.4 Å². The van der Waals surface area contributed by atoms with Gasteiger partial charge in [0, 0.05) is 0 Å². The molecule has 20 heavy (non-hydrogen) atoms. The first kappa shape index (κ1) is 15.4. The number of thiophene rings is 1. The molecule has 10 heteroatoms. The minimum Gasteiger partial charge on any atom is -0.481 e. The fourth-order valence-electron chi connectivity index (χ4n) is 1.17.